The zero-order valence-corrected chi connectivity index (χ0v) is 20.7. The number of rotatable bonds is 7. The molecule has 0 saturated carbocycles. The fraction of sp³-hybridized carbons (Fsp3) is 0.308. The van der Waals surface area contributed by atoms with E-state index >= 15 is 0 Å². The molecule has 0 spiro atoms. The summed E-state index contributed by atoms with van der Waals surface area (Å²) in [5, 5.41) is 9.89. The van der Waals surface area contributed by atoms with Gasteiger partial charge in [0.05, 0.1) is 19.4 Å². The Balaban J connectivity index is 1.82. The third-order valence-corrected chi connectivity index (χ3v) is 7.26. The van der Waals surface area contributed by atoms with E-state index in [9.17, 15) is 27.5 Å². The van der Waals surface area contributed by atoms with Crippen molar-refractivity contribution in [1.29, 1.82) is 0 Å². The number of nitrogens with one attached hydrogen (secondary N) is 1. The van der Waals surface area contributed by atoms with Crippen molar-refractivity contribution in [1.82, 2.24) is 9.62 Å². The third kappa shape index (κ3) is 4.91. The van der Waals surface area contributed by atoms with E-state index in [2.05, 4.69) is 4.72 Å². The van der Waals surface area contributed by atoms with Crippen LogP contribution in [-0.4, -0.2) is 55.2 Å². The first-order valence-electron chi connectivity index (χ1n) is 11.4. The van der Waals surface area contributed by atoms with Crippen molar-refractivity contribution >= 4 is 27.5 Å². The zero-order chi connectivity index (χ0) is 26.1. The second kappa shape index (κ2) is 9.87. The van der Waals surface area contributed by atoms with Crippen LogP contribution in [0.3, 0.4) is 0 Å². The molecule has 2 aromatic carbocycles. The fourth-order valence-corrected chi connectivity index (χ4v) is 5.88. The van der Waals surface area contributed by atoms with Crippen molar-refractivity contribution in [3.05, 3.63) is 89.5 Å². The molecule has 10 heteroatoms. The van der Waals surface area contributed by atoms with Crippen LogP contribution in [0.1, 0.15) is 36.4 Å². The van der Waals surface area contributed by atoms with Crippen LogP contribution in [0.15, 0.2) is 72.5 Å². The van der Waals surface area contributed by atoms with E-state index in [4.69, 9.17) is 4.74 Å². The Morgan fingerprint density at radius 3 is 2.39 bits per heavy atom. The highest BCUT2D eigenvalue weighted by molar-refractivity contribution is 7.88. The highest BCUT2D eigenvalue weighted by atomic mass is 32.2. The SMILES string of the molecule is COC1=C(c2ccccc2)C=CC(NS(C)(=O)=O)(C(=O)N2[C@@H](c3ccccc3F)CC[C@H]2C(=O)O)C1. The topological polar surface area (TPSA) is 113 Å². The number of sulfonamides is 1. The average molecular weight is 515 g/mol. The minimum absolute atomic E-state index is 0.0982. The summed E-state index contributed by atoms with van der Waals surface area (Å²) in [4.78, 5) is 27.4. The number of carbonyl (C=O) groups is 2. The first-order valence-corrected chi connectivity index (χ1v) is 13.3. The largest absolute Gasteiger partial charge is 0.500 e. The summed E-state index contributed by atoms with van der Waals surface area (Å²) in [7, 11) is -2.53. The average Bonchev–Trinajstić information content (AvgIpc) is 3.28. The minimum Gasteiger partial charge on any atom is -0.500 e. The molecule has 1 fully saturated rings. The van der Waals surface area contributed by atoms with E-state index in [0.717, 1.165) is 16.7 Å². The highest BCUT2D eigenvalue weighted by Gasteiger charge is 2.51. The van der Waals surface area contributed by atoms with Crippen LogP contribution < -0.4 is 4.72 Å². The molecule has 1 amide bonds. The van der Waals surface area contributed by atoms with Crippen LogP contribution in [0.5, 0.6) is 0 Å². The molecule has 3 atom stereocenters. The number of carboxylic acid groups (broad SMARTS) is 1. The van der Waals surface area contributed by atoms with Crippen LogP contribution in [0, 0.1) is 5.82 Å². The van der Waals surface area contributed by atoms with Crippen LogP contribution in [0.25, 0.3) is 5.57 Å². The molecule has 1 aliphatic heterocycles. The van der Waals surface area contributed by atoms with Crippen molar-refractivity contribution in [2.45, 2.75) is 36.9 Å². The van der Waals surface area contributed by atoms with Gasteiger partial charge >= 0.3 is 5.97 Å². The maximum atomic E-state index is 14.7. The lowest BCUT2D eigenvalue weighted by Crippen LogP contribution is -2.61. The Morgan fingerprint density at radius 1 is 1.11 bits per heavy atom. The van der Waals surface area contributed by atoms with Crippen molar-refractivity contribution in [3.8, 4) is 0 Å². The monoisotopic (exact) mass is 514 g/mol. The maximum absolute atomic E-state index is 14.7. The Morgan fingerprint density at radius 2 is 1.78 bits per heavy atom. The second-order valence-corrected chi connectivity index (χ2v) is 10.7. The van der Waals surface area contributed by atoms with Gasteiger partial charge in [0.2, 0.25) is 15.9 Å². The molecule has 8 nitrogen and oxygen atoms in total. The summed E-state index contributed by atoms with van der Waals surface area (Å²) in [6, 6.07) is 13.0. The van der Waals surface area contributed by atoms with Crippen LogP contribution in [0.4, 0.5) is 4.39 Å². The van der Waals surface area contributed by atoms with Gasteiger partial charge in [-0.3, -0.25) is 4.79 Å². The van der Waals surface area contributed by atoms with Gasteiger partial charge in [-0.05, 0) is 24.5 Å². The Hall–Kier alpha value is -3.50. The number of amides is 1. The summed E-state index contributed by atoms with van der Waals surface area (Å²) in [6.45, 7) is 0. The quantitative estimate of drug-likeness (QED) is 0.587. The van der Waals surface area contributed by atoms with Gasteiger partial charge in [0.1, 0.15) is 23.2 Å². The Bertz CT molecular complexity index is 1340. The highest BCUT2D eigenvalue weighted by Crippen LogP contribution is 2.42. The summed E-state index contributed by atoms with van der Waals surface area (Å²) >= 11 is 0. The van der Waals surface area contributed by atoms with E-state index in [1.54, 1.807) is 12.1 Å². The van der Waals surface area contributed by atoms with Gasteiger partial charge in [-0.2, -0.15) is 4.72 Å². The van der Waals surface area contributed by atoms with E-state index in [1.807, 2.05) is 30.3 Å². The van der Waals surface area contributed by atoms with E-state index in [-0.39, 0.29) is 24.8 Å². The number of methoxy groups -OCH3 is 1. The molecule has 4 rings (SSSR count). The van der Waals surface area contributed by atoms with Crippen LogP contribution in [-0.2, 0) is 24.3 Å². The second-order valence-electron chi connectivity index (χ2n) is 8.94. The first kappa shape index (κ1) is 25.6. The van der Waals surface area contributed by atoms with Gasteiger partial charge in [0.25, 0.3) is 0 Å². The normalized spacial score (nSPS) is 24.1. The molecule has 0 aromatic heterocycles. The molecular formula is C26H27FN2O6S. The standard InChI is InChI=1S/C26H27FN2O6S/c1-35-23-16-26(28-36(2,33)34,15-14-18(23)17-8-4-3-5-9-17)25(32)29-21(12-13-22(29)24(30)31)19-10-6-7-11-20(19)27/h3-11,14-15,21-22,28H,12-13,16H2,1-2H3,(H,30,31)/t21-,22+,26?/m1/s1. The van der Waals surface area contributed by atoms with Gasteiger partial charge < -0.3 is 14.7 Å². The Labute approximate surface area is 209 Å². The lowest BCUT2D eigenvalue weighted by Gasteiger charge is -2.40. The number of carboxylic acids is 1. The number of halogens is 1. The van der Waals surface area contributed by atoms with E-state index in [0.29, 0.717) is 11.3 Å². The summed E-state index contributed by atoms with van der Waals surface area (Å²) in [6.07, 6.45) is 4.06. The van der Waals surface area contributed by atoms with Gasteiger partial charge in [-0.25, -0.2) is 17.6 Å². The molecular weight excluding hydrogens is 487 g/mol. The number of ether oxygens (including phenoxy) is 1. The predicted molar refractivity (Wildman–Crippen MR) is 131 cm³/mol. The van der Waals surface area contributed by atoms with Gasteiger partial charge in [-0.15, -0.1) is 0 Å². The lowest BCUT2D eigenvalue weighted by atomic mass is 9.84. The molecule has 0 radical (unpaired) electrons. The Kier molecular flexibility index (Phi) is 7.01. The molecule has 2 aliphatic rings. The fourth-order valence-electron chi connectivity index (χ4n) is 4.99. The van der Waals surface area contributed by atoms with Gasteiger partial charge in [0, 0.05) is 17.6 Å². The number of likely N-dealkylation sites (tertiary alicyclic amines) is 1. The number of benzene rings is 2. The van der Waals surface area contributed by atoms with Crippen molar-refractivity contribution in [3.63, 3.8) is 0 Å². The number of hydrogen-bond donors (Lipinski definition) is 2. The number of aliphatic carboxylic acids is 1. The van der Waals surface area contributed by atoms with Crippen molar-refractivity contribution in [2.24, 2.45) is 0 Å². The first-order chi connectivity index (χ1) is 17.1. The zero-order valence-electron chi connectivity index (χ0n) is 19.8. The van der Waals surface area contributed by atoms with Crippen molar-refractivity contribution < 1.29 is 32.2 Å². The molecule has 1 aliphatic carbocycles. The number of nitrogens with zero attached hydrogens (tertiary/aromatic N) is 1. The third-order valence-electron chi connectivity index (χ3n) is 6.52. The smallest absolute Gasteiger partial charge is 0.326 e. The van der Waals surface area contributed by atoms with Gasteiger partial charge in [-0.1, -0.05) is 60.7 Å². The van der Waals surface area contributed by atoms with E-state index < -0.39 is 45.3 Å². The van der Waals surface area contributed by atoms with E-state index in [1.165, 1.54) is 31.4 Å². The molecule has 1 heterocycles. The molecule has 190 valence electrons. The van der Waals surface area contributed by atoms with Gasteiger partial charge in [0.15, 0.2) is 0 Å². The summed E-state index contributed by atoms with van der Waals surface area (Å²) in [5.41, 5.74) is -0.214. The molecule has 36 heavy (non-hydrogen) atoms. The molecule has 2 aromatic rings. The summed E-state index contributed by atoms with van der Waals surface area (Å²) in [5.74, 6) is -2.26. The predicted octanol–water partition coefficient (Wildman–Crippen LogP) is 3.25. The number of carbonyl (C=O) groups excluding carboxylic acids is 1. The van der Waals surface area contributed by atoms with Crippen molar-refractivity contribution in [2.75, 3.05) is 13.4 Å². The summed E-state index contributed by atoms with van der Waals surface area (Å²) < 4.78 is 47.6. The minimum atomic E-state index is -3.95. The molecule has 2 N–H and O–H groups in total. The van der Waals surface area contributed by atoms with Crippen LogP contribution in [0.2, 0.25) is 0 Å². The molecule has 1 unspecified atom stereocenters. The molecule has 0 bridgehead atoms. The number of allylic oxidation sites excluding steroid dienone is 2. The number of hydrogen-bond acceptors (Lipinski definition) is 5. The molecule has 1 saturated heterocycles. The lowest BCUT2D eigenvalue weighted by molar-refractivity contribution is -0.152. The maximum Gasteiger partial charge on any atom is 0.326 e. The van der Waals surface area contributed by atoms with Crippen LogP contribution >= 0.6 is 0 Å².